The van der Waals surface area contributed by atoms with Crippen LogP contribution in [0.15, 0.2) is 53.9 Å². The second-order valence-electron chi connectivity index (χ2n) is 5.77. The molecule has 0 fully saturated rings. The summed E-state index contributed by atoms with van der Waals surface area (Å²) in [6.45, 7) is 2.04. The minimum atomic E-state index is -0.321. The highest BCUT2D eigenvalue weighted by Crippen LogP contribution is 2.24. The lowest BCUT2D eigenvalue weighted by Crippen LogP contribution is -2.22. The van der Waals surface area contributed by atoms with Gasteiger partial charge in [-0.25, -0.2) is 9.37 Å². The topological polar surface area (TPSA) is 64.0 Å². The Bertz CT molecular complexity index is 952. The number of ketones is 1. The van der Waals surface area contributed by atoms with Gasteiger partial charge in [0.05, 0.1) is 16.3 Å². The standard InChI is InChI=1S/C19H18FN3O2S2/c1-13(24)21-8-7-16-5-6-18(27-16)17(25)12-26-19-22-9-10-23(19)15-4-2-3-14(20)11-15/h2-6,9-11H,7-8,12H2,1H3,(H,21,24). The highest BCUT2D eigenvalue weighted by atomic mass is 32.2. The lowest BCUT2D eigenvalue weighted by Gasteiger charge is -2.07. The molecule has 2 aromatic heterocycles. The van der Waals surface area contributed by atoms with Gasteiger partial charge in [0.25, 0.3) is 0 Å². The average molecular weight is 404 g/mol. The fraction of sp³-hybridized carbons (Fsp3) is 0.211. The number of carbonyl (C=O) groups excluding carboxylic acids is 2. The molecule has 0 aliphatic heterocycles. The van der Waals surface area contributed by atoms with Crippen molar-refractivity contribution in [1.29, 1.82) is 0 Å². The summed E-state index contributed by atoms with van der Waals surface area (Å²) in [6, 6.07) is 9.97. The number of thioether (sulfide) groups is 1. The first-order valence-corrected chi connectivity index (χ1v) is 10.1. The van der Waals surface area contributed by atoms with Crippen LogP contribution < -0.4 is 5.32 Å². The van der Waals surface area contributed by atoms with E-state index in [0.29, 0.717) is 28.7 Å². The minimum Gasteiger partial charge on any atom is -0.356 e. The van der Waals surface area contributed by atoms with Crippen molar-refractivity contribution in [1.82, 2.24) is 14.9 Å². The number of amides is 1. The molecule has 0 saturated carbocycles. The molecule has 0 radical (unpaired) electrons. The summed E-state index contributed by atoms with van der Waals surface area (Å²) < 4.78 is 15.2. The number of hydrogen-bond donors (Lipinski definition) is 1. The fourth-order valence-corrected chi connectivity index (χ4v) is 4.34. The summed E-state index contributed by atoms with van der Waals surface area (Å²) in [5, 5.41) is 3.38. The quantitative estimate of drug-likeness (QED) is 0.460. The van der Waals surface area contributed by atoms with E-state index in [2.05, 4.69) is 10.3 Å². The van der Waals surface area contributed by atoms with E-state index in [0.717, 1.165) is 4.88 Å². The van der Waals surface area contributed by atoms with E-state index in [1.807, 2.05) is 12.1 Å². The molecule has 5 nitrogen and oxygen atoms in total. The van der Waals surface area contributed by atoms with E-state index < -0.39 is 0 Å². The fourth-order valence-electron chi connectivity index (χ4n) is 2.44. The van der Waals surface area contributed by atoms with Crippen molar-refractivity contribution in [2.45, 2.75) is 18.5 Å². The van der Waals surface area contributed by atoms with Crippen LogP contribution in [0.5, 0.6) is 0 Å². The first kappa shape index (κ1) is 19.3. The van der Waals surface area contributed by atoms with E-state index in [-0.39, 0.29) is 23.3 Å². The van der Waals surface area contributed by atoms with Gasteiger partial charge in [0.1, 0.15) is 5.82 Å². The van der Waals surface area contributed by atoms with Gasteiger partial charge in [-0.2, -0.15) is 0 Å². The minimum absolute atomic E-state index is 0.0181. The number of benzene rings is 1. The Labute approximate surface area is 164 Å². The molecule has 0 saturated heterocycles. The average Bonchev–Trinajstić information content (AvgIpc) is 3.29. The summed E-state index contributed by atoms with van der Waals surface area (Å²) in [4.78, 5) is 29.4. The number of imidazole rings is 1. The summed E-state index contributed by atoms with van der Waals surface area (Å²) >= 11 is 2.76. The Morgan fingerprint density at radius 1 is 1.30 bits per heavy atom. The van der Waals surface area contributed by atoms with Crippen LogP contribution in [-0.4, -0.2) is 33.5 Å². The molecule has 1 amide bonds. The third kappa shape index (κ3) is 5.27. The third-order valence-electron chi connectivity index (χ3n) is 3.71. The van der Waals surface area contributed by atoms with Gasteiger partial charge in [-0.3, -0.25) is 14.2 Å². The number of nitrogens with zero attached hydrogens (tertiary/aromatic N) is 2. The molecule has 0 aliphatic carbocycles. The SMILES string of the molecule is CC(=O)NCCc1ccc(C(=O)CSc2nccn2-c2cccc(F)c2)s1. The molecule has 1 N–H and O–H groups in total. The van der Waals surface area contributed by atoms with Gasteiger partial charge in [-0.05, 0) is 36.8 Å². The van der Waals surface area contributed by atoms with Crippen LogP contribution in [0.3, 0.4) is 0 Å². The molecule has 2 heterocycles. The number of carbonyl (C=O) groups is 2. The van der Waals surface area contributed by atoms with Crippen LogP contribution in [0, 0.1) is 5.82 Å². The van der Waals surface area contributed by atoms with Crippen molar-refractivity contribution in [2.24, 2.45) is 0 Å². The zero-order valence-electron chi connectivity index (χ0n) is 14.6. The zero-order valence-corrected chi connectivity index (χ0v) is 16.3. The van der Waals surface area contributed by atoms with Gasteiger partial charge in [0.2, 0.25) is 5.91 Å². The Kier molecular flexibility index (Phi) is 6.41. The molecule has 3 aromatic rings. The second kappa shape index (κ2) is 8.96. The maximum atomic E-state index is 13.4. The zero-order chi connectivity index (χ0) is 19.2. The number of Topliss-reactive ketones (excluding diaryl/α,β-unsaturated/α-hetero) is 1. The predicted molar refractivity (Wildman–Crippen MR) is 105 cm³/mol. The molecule has 8 heteroatoms. The smallest absolute Gasteiger partial charge is 0.216 e. The van der Waals surface area contributed by atoms with Crippen molar-refractivity contribution >= 4 is 34.8 Å². The summed E-state index contributed by atoms with van der Waals surface area (Å²) in [7, 11) is 0. The summed E-state index contributed by atoms with van der Waals surface area (Å²) in [5.41, 5.74) is 0.666. The first-order valence-electron chi connectivity index (χ1n) is 8.31. The highest BCUT2D eigenvalue weighted by Gasteiger charge is 2.13. The number of nitrogens with one attached hydrogen (secondary N) is 1. The number of hydrogen-bond acceptors (Lipinski definition) is 5. The van der Waals surface area contributed by atoms with Gasteiger partial charge < -0.3 is 5.32 Å². The van der Waals surface area contributed by atoms with E-state index in [9.17, 15) is 14.0 Å². The van der Waals surface area contributed by atoms with Gasteiger partial charge in [-0.15, -0.1) is 11.3 Å². The van der Waals surface area contributed by atoms with E-state index >= 15 is 0 Å². The van der Waals surface area contributed by atoms with E-state index in [1.54, 1.807) is 29.1 Å². The Hall–Kier alpha value is -2.45. The Morgan fingerprint density at radius 2 is 2.15 bits per heavy atom. The summed E-state index contributed by atoms with van der Waals surface area (Å²) in [6.07, 6.45) is 4.07. The van der Waals surface area contributed by atoms with Crippen molar-refractivity contribution < 1.29 is 14.0 Å². The monoisotopic (exact) mass is 403 g/mol. The van der Waals surface area contributed by atoms with Crippen LogP contribution in [-0.2, 0) is 11.2 Å². The molecular formula is C19H18FN3O2S2. The molecule has 0 unspecified atom stereocenters. The number of thiophene rings is 1. The van der Waals surface area contributed by atoms with Crippen LogP contribution in [0.2, 0.25) is 0 Å². The molecule has 0 atom stereocenters. The van der Waals surface area contributed by atoms with E-state index in [1.165, 1.54) is 42.2 Å². The van der Waals surface area contributed by atoms with Gasteiger partial charge in [-0.1, -0.05) is 17.8 Å². The molecule has 3 rings (SSSR count). The highest BCUT2D eigenvalue weighted by molar-refractivity contribution is 7.99. The van der Waals surface area contributed by atoms with Gasteiger partial charge >= 0.3 is 0 Å². The molecule has 1 aromatic carbocycles. The normalized spacial score (nSPS) is 10.7. The molecule has 27 heavy (non-hydrogen) atoms. The molecular weight excluding hydrogens is 385 g/mol. The number of aromatic nitrogens is 2. The van der Waals surface area contributed by atoms with Crippen LogP contribution in [0.25, 0.3) is 5.69 Å². The Morgan fingerprint density at radius 3 is 2.93 bits per heavy atom. The van der Waals surface area contributed by atoms with Crippen molar-refractivity contribution in [3.63, 3.8) is 0 Å². The largest absolute Gasteiger partial charge is 0.356 e. The predicted octanol–water partition coefficient (Wildman–Crippen LogP) is 3.73. The molecule has 140 valence electrons. The lowest BCUT2D eigenvalue weighted by molar-refractivity contribution is -0.118. The van der Waals surface area contributed by atoms with Crippen molar-refractivity contribution in [2.75, 3.05) is 12.3 Å². The maximum absolute atomic E-state index is 13.4. The van der Waals surface area contributed by atoms with Crippen LogP contribution >= 0.6 is 23.1 Å². The van der Waals surface area contributed by atoms with E-state index in [4.69, 9.17) is 0 Å². The van der Waals surface area contributed by atoms with Crippen molar-refractivity contribution in [3.8, 4) is 5.69 Å². The van der Waals surface area contributed by atoms with Gasteiger partial charge in [0, 0.05) is 30.7 Å². The van der Waals surface area contributed by atoms with Crippen molar-refractivity contribution in [3.05, 3.63) is 64.4 Å². The van der Waals surface area contributed by atoms with Crippen LogP contribution in [0.4, 0.5) is 4.39 Å². The maximum Gasteiger partial charge on any atom is 0.216 e. The second-order valence-corrected chi connectivity index (χ2v) is 7.88. The molecule has 0 spiro atoms. The van der Waals surface area contributed by atoms with Gasteiger partial charge in [0.15, 0.2) is 10.9 Å². The van der Waals surface area contributed by atoms with Crippen LogP contribution in [0.1, 0.15) is 21.5 Å². The molecule has 0 bridgehead atoms. The number of rotatable bonds is 8. The lowest BCUT2D eigenvalue weighted by atomic mass is 10.3. The third-order valence-corrected chi connectivity index (χ3v) is 5.86. The molecule has 0 aliphatic rings. The first-order chi connectivity index (χ1) is 13.0. The number of halogens is 1. The summed E-state index contributed by atoms with van der Waals surface area (Å²) in [5.74, 6) is -0.117. The Balaban J connectivity index is 1.60.